The lowest BCUT2D eigenvalue weighted by Gasteiger charge is -2.37. The van der Waals surface area contributed by atoms with E-state index in [0.29, 0.717) is 5.75 Å². The predicted molar refractivity (Wildman–Crippen MR) is 132 cm³/mol. The topological polar surface area (TPSA) is 57.6 Å². The van der Waals surface area contributed by atoms with Crippen LogP contribution in [-0.2, 0) is 0 Å². The number of hydrogen-bond donors (Lipinski definition) is 2. The predicted octanol–water partition coefficient (Wildman–Crippen LogP) is 1.74. The van der Waals surface area contributed by atoms with Crippen molar-refractivity contribution in [2.45, 2.75) is 12.8 Å². The van der Waals surface area contributed by atoms with Crippen LogP contribution < -0.4 is 10.2 Å². The first kappa shape index (κ1) is 24.0. The number of guanidine groups is 1. The maximum absolute atomic E-state index is 10.1. The van der Waals surface area contributed by atoms with E-state index in [9.17, 15) is 5.11 Å². The molecule has 7 nitrogen and oxygen atoms in total. The van der Waals surface area contributed by atoms with Gasteiger partial charge in [-0.3, -0.25) is 4.99 Å². The lowest BCUT2D eigenvalue weighted by molar-refractivity contribution is 0.152. The molecule has 2 saturated heterocycles. The number of aromatic hydroxyl groups is 1. The highest BCUT2D eigenvalue weighted by Gasteiger charge is 2.21. The zero-order chi connectivity index (χ0) is 19.8. The molecule has 0 aromatic heterocycles. The Bertz CT molecular complexity index is 627. The SMILES string of the molecule is CN=C(NCCCCN1CCN(C)CC1)N1CCN(c2ccccc2O)CC1.I. The molecular formula is C21H37IN6O. The number of unbranched alkanes of at least 4 members (excludes halogenated alkanes) is 1. The molecule has 0 amide bonds. The van der Waals surface area contributed by atoms with Gasteiger partial charge in [0.1, 0.15) is 5.75 Å². The van der Waals surface area contributed by atoms with Gasteiger partial charge in [0.05, 0.1) is 5.69 Å². The molecule has 0 unspecified atom stereocenters. The molecule has 0 spiro atoms. The zero-order valence-corrected chi connectivity index (χ0v) is 20.2. The molecule has 8 heteroatoms. The molecule has 2 aliphatic heterocycles. The van der Waals surface area contributed by atoms with Crippen molar-refractivity contribution < 1.29 is 5.11 Å². The van der Waals surface area contributed by atoms with Crippen LogP contribution in [-0.4, -0.2) is 105 Å². The van der Waals surface area contributed by atoms with Gasteiger partial charge in [-0.25, -0.2) is 0 Å². The third kappa shape index (κ3) is 7.18. The van der Waals surface area contributed by atoms with Gasteiger partial charge in [-0.1, -0.05) is 12.1 Å². The smallest absolute Gasteiger partial charge is 0.193 e. The van der Waals surface area contributed by atoms with Crippen LogP contribution in [0.2, 0.25) is 0 Å². The number of benzene rings is 1. The summed E-state index contributed by atoms with van der Waals surface area (Å²) in [5.74, 6) is 1.36. The van der Waals surface area contributed by atoms with Crippen molar-refractivity contribution >= 4 is 35.6 Å². The monoisotopic (exact) mass is 516 g/mol. The molecule has 0 atom stereocenters. The summed E-state index contributed by atoms with van der Waals surface area (Å²) in [7, 11) is 4.07. The number of anilines is 1. The van der Waals surface area contributed by atoms with E-state index in [0.717, 1.165) is 44.4 Å². The van der Waals surface area contributed by atoms with Gasteiger partial charge in [0.25, 0.3) is 0 Å². The van der Waals surface area contributed by atoms with Gasteiger partial charge >= 0.3 is 0 Å². The van der Waals surface area contributed by atoms with Crippen molar-refractivity contribution in [2.75, 3.05) is 84.4 Å². The van der Waals surface area contributed by atoms with Crippen molar-refractivity contribution in [1.82, 2.24) is 20.0 Å². The number of likely N-dealkylation sites (N-methyl/N-ethyl adjacent to an activating group) is 1. The normalized spacial score (nSPS) is 19.2. The summed E-state index contributed by atoms with van der Waals surface area (Å²) in [6.45, 7) is 10.6. The molecule has 1 aromatic carbocycles. The average molecular weight is 516 g/mol. The Hall–Kier alpha value is -1.26. The number of rotatable bonds is 6. The summed E-state index contributed by atoms with van der Waals surface area (Å²) >= 11 is 0. The fourth-order valence-corrected chi connectivity index (χ4v) is 3.96. The average Bonchev–Trinajstić information content (AvgIpc) is 2.73. The minimum Gasteiger partial charge on any atom is -0.506 e. The number of aliphatic imine (C=N–C) groups is 1. The van der Waals surface area contributed by atoms with Gasteiger partial charge in [-0.2, -0.15) is 0 Å². The van der Waals surface area contributed by atoms with Crippen molar-refractivity contribution in [3.8, 4) is 5.75 Å². The van der Waals surface area contributed by atoms with Gasteiger partial charge in [-0.15, -0.1) is 24.0 Å². The fourth-order valence-electron chi connectivity index (χ4n) is 3.96. The highest BCUT2D eigenvalue weighted by molar-refractivity contribution is 14.0. The number of phenols is 1. The van der Waals surface area contributed by atoms with E-state index in [1.807, 2.05) is 25.2 Å². The molecule has 164 valence electrons. The molecule has 1 aromatic rings. The summed E-state index contributed by atoms with van der Waals surface area (Å²) in [5.41, 5.74) is 0.925. The summed E-state index contributed by atoms with van der Waals surface area (Å²) in [6.07, 6.45) is 2.40. The zero-order valence-electron chi connectivity index (χ0n) is 17.9. The first-order chi connectivity index (χ1) is 13.7. The molecule has 2 fully saturated rings. The number of hydrogen-bond acceptors (Lipinski definition) is 5. The molecule has 0 aliphatic carbocycles. The molecule has 3 rings (SSSR count). The Morgan fingerprint density at radius 3 is 2.34 bits per heavy atom. The number of nitrogens with one attached hydrogen (secondary N) is 1. The van der Waals surface area contributed by atoms with Crippen LogP contribution in [0.4, 0.5) is 5.69 Å². The summed E-state index contributed by atoms with van der Waals surface area (Å²) in [5, 5.41) is 13.6. The molecule has 2 aliphatic rings. The van der Waals surface area contributed by atoms with Crippen LogP contribution in [0.15, 0.2) is 29.3 Å². The Labute approximate surface area is 192 Å². The Morgan fingerprint density at radius 1 is 1.00 bits per heavy atom. The van der Waals surface area contributed by atoms with Crippen LogP contribution in [0, 0.1) is 0 Å². The highest BCUT2D eigenvalue weighted by Crippen LogP contribution is 2.27. The lowest BCUT2D eigenvalue weighted by Crippen LogP contribution is -2.52. The van der Waals surface area contributed by atoms with Crippen LogP contribution >= 0.6 is 24.0 Å². The van der Waals surface area contributed by atoms with E-state index < -0.39 is 0 Å². The number of nitrogens with zero attached hydrogens (tertiary/aromatic N) is 5. The maximum atomic E-state index is 10.1. The van der Waals surface area contributed by atoms with Crippen LogP contribution in [0.5, 0.6) is 5.75 Å². The van der Waals surface area contributed by atoms with Crippen molar-refractivity contribution in [3.05, 3.63) is 24.3 Å². The maximum Gasteiger partial charge on any atom is 0.193 e. The van der Waals surface area contributed by atoms with E-state index in [2.05, 4.69) is 37.0 Å². The third-order valence-corrected chi connectivity index (χ3v) is 5.79. The van der Waals surface area contributed by atoms with Gasteiger partial charge in [-0.05, 0) is 38.6 Å². The van der Waals surface area contributed by atoms with E-state index in [1.54, 1.807) is 6.07 Å². The van der Waals surface area contributed by atoms with Gasteiger partial charge in [0, 0.05) is 66.0 Å². The van der Waals surface area contributed by atoms with Crippen LogP contribution in [0.1, 0.15) is 12.8 Å². The van der Waals surface area contributed by atoms with E-state index >= 15 is 0 Å². The quantitative estimate of drug-likeness (QED) is 0.260. The van der Waals surface area contributed by atoms with Crippen molar-refractivity contribution in [2.24, 2.45) is 4.99 Å². The standard InChI is InChI=1S/C21H36N6O.HI/c1-22-21(23-9-5-6-10-25-13-11-24(2)12-14-25)27-17-15-26(16-18-27)19-7-3-4-8-20(19)28;/h3-4,7-8,28H,5-6,9-18H2,1-2H3,(H,22,23);1H. The van der Waals surface area contributed by atoms with E-state index in [-0.39, 0.29) is 24.0 Å². The Morgan fingerprint density at radius 2 is 1.69 bits per heavy atom. The largest absolute Gasteiger partial charge is 0.506 e. The fraction of sp³-hybridized carbons (Fsp3) is 0.667. The molecule has 0 radical (unpaired) electrons. The molecule has 2 N–H and O–H groups in total. The number of para-hydroxylation sites is 2. The highest BCUT2D eigenvalue weighted by atomic mass is 127. The van der Waals surface area contributed by atoms with Gasteiger partial charge in [0.2, 0.25) is 0 Å². The second-order valence-electron chi connectivity index (χ2n) is 7.79. The molecule has 2 heterocycles. The van der Waals surface area contributed by atoms with Gasteiger partial charge < -0.3 is 30.0 Å². The lowest BCUT2D eigenvalue weighted by atomic mass is 10.2. The van der Waals surface area contributed by atoms with E-state index in [4.69, 9.17) is 0 Å². The van der Waals surface area contributed by atoms with Crippen LogP contribution in [0.3, 0.4) is 0 Å². The summed E-state index contributed by atoms with van der Waals surface area (Å²) < 4.78 is 0. The van der Waals surface area contributed by atoms with Gasteiger partial charge in [0.15, 0.2) is 5.96 Å². The Kier molecular flexibility index (Phi) is 10.3. The molecule has 0 bridgehead atoms. The minimum absolute atomic E-state index is 0. The van der Waals surface area contributed by atoms with E-state index in [1.165, 1.54) is 45.6 Å². The van der Waals surface area contributed by atoms with Crippen LogP contribution in [0.25, 0.3) is 0 Å². The Balaban J connectivity index is 0.00000300. The van der Waals surface area contributed by atoms with Crippen molar-refractivity contribution in [1.29, 1.82) is 0 Å². The molecule has 0 saturated carbocycles. The summed E-state index contributed by atoms with van der Waals surface area (Å²) in [4.78, 5) is 14.0. The van der Waals surface area contributed by atoms with Crippen molar-refractivity contribution in [3.63, 3.8) is 0 Å². The summed E-state index contributed by atoms with van der Waals surface area (Å²) in [6, 6.07) is 7.58. The minimum atomic E-state index is 0. The number of halogens is 1. The number of piperazine rings is 2. The first-order valence-electron chi connectivity index (χ1n) is 10.6. The second-order valence-corrected chi connectivity index (χ2v) is 7.79. The third-order valence-electron chi connectivity index (χ3n) is 5.79. The second kappa shape index (κ2) is 12.4. The number of phenolic OH excluding ortho intramolecular Hbond substituents is 1. The molecule has 29 heavy (non-hydrogen) atoms. The first-order valence-corrected chi connectivity index (χ1v) is 10.6. The molecular weight excluding hydrogens is 479 g/mol.